The molecule has 2 aromatic rings. The SMILES string of the molecule is CCCNC(=O)C(=O)NCC(c1ccccc1)c1ccccc1. The summed E-state index contributed by atoms with van der Waals surface area (Å²) in [5, 5.41) is 5.32. The molecule has 2 amide bonds. The van der Waals surface area contributed by atoms with Crippen LogP contribution in [0.3, 0.4) is 0 Å². The summed E-state index contributed by atoms with van der Waals surface area (Å²) in [4.78, 5) is 23.6. The van der Waals surface area contributed by atoms with Gasteiger partial charge in [0.2, 0.25) is 0 Å². The first-order valence-electron chi connectivity index (χ1n) is 7.88. The maximum Gasteiger partial charge on any atom is 0.309 e. The molecule has 0 aromatic heterocycles. The molecule has 0 atom stereocenters. The molecule has 0 aliphatic heterocycles. The van der Waals surface area contributed by atoms with Crippen LogP contribution in [0.25, 0.3) is 0 Å². The summed E-state index contributed by atoms with van der Waals surface area (Å²) in [5.41, 5.74) is 2.21. The predicted molar refractivity (Wildman–Crippen MR) is 91.0 cm³/mol. The Kier molecular flexibility index (Phi) is 6.36. The van der Waals surface area contributed by atoms with Crippen LogP contribution in [-0.2, 0) is 9.59 Å². The molecule has 2 aromatic carbocycles. The van der Waals surface area contributed by atoms with Gasteiger partial charge in [-0.3, -0.25) is 9.59 Å². The van der Waals surface area contributed by atoms with Crippen LogP contribution in [0.5, 0.6) is 0 Å². The molecule has 0 unspecified atom stereocenters. The number of nitrogens with one attached hydrogen (secondary N) is 2. The number of hydrogen-bond donors (Lipinski definition) is 2. The van der Waals surface area contributed by atoms with Crippen molar-refractivity contribution in [3.05, 3.63) is 71.8 Å². The maximum atomic E-state index is 11.9. The fourth-order valence-electron chi connectivity index (χ4n) is 2.39. The third kappa shape index (κ3) is 4.95. The lowest BCUT2D eigenvalue weighted by molar-refractivity contribution is -0.139. The molecule has 0 aliphatic carbocycles. The first-order valence-corrected chi connectivity index (χ1v) is 7.88. The van der Waals surface area contributed by atoms with Crippen molar-refractivity contribution < 1.29 is 9.59 Å². The number of amides is 2. The minimum Gasteiger partial charge on any atom is -0.348 e. The molecule has 2 rings (SSSR count). The van der Waals surface area contributed by atoms with Crippen molar-refractivity contribution in [2.24, 2.45) is 0 Å². The Labute approximate surface area is 136 Å². The van der Waals surface area contributed by atoms with E-state index in [1.807, 2.05) is 67.6 Å². The second-order valence-corrected chi connectivity index (χ2v) is 5.34. The van der Waals surface area contributed by atoms with Crippen molar-refractivity contribution in [3.63, 3.8) is 0 Å². The van der Waals surface area contributed by atoms with E-state index < -0.39 is 11.8 Å². The third-order valence-electron chi connectivity index (χ3n) is 3.61. The lowest BCUT2D eigenvalue weighted by Gasteiger charge is -2.18. The quantitative estimate of drug-likeness (QED) is 0.805. The van der Waals surface area contributed by atoms with Gasteiger partial charge in [0.15, 0.2) is 0 Å². The third-order valence-corrected chi connectivity index (χ3v) is 3.61. The molecule has 0 fully saturated rings. The maximum absolute atomic E-state index is 11.9. The number of hydrogen-bond acceptors (Lipinski definition) is 2. The summed E-state index contributed by atoms with van der Waals surface area (Å²) in [5.74, 6) is -1.15. The summed E-state index contributed by atoms with van der Waals surface area (Å²) in [7, 11) is 0. The molecule has 120 valence electrons. The number of carbonyl (C=O) groups excluding carboxylic acids is 2. The predicted octanol–water partition coefficient (Wildman–Crippen LogP) is 2.46. The van der Waals surface area contributed by atoms with Crippen LogP contribution in [-0.4, -0.2) is 24.9 Å². The minimum atomic E-state index is -0.588. The van der Waals surface area contributed by atoms with Crippen molar-refractivity contribution in [2.75, 3.05) is 13.1 Å². The highest BCUT2D eigenvalue weighted by atomic mass is 16.2. The van der Waals surface area contributed by atoms with Crippen LogP contribution >= 0.6 is 0 Å². The van der Waals surface area contributed by atoms with Crippen LogP contribution < -0.4 is 10.6 Å². The lowest BCUT2D eigenvalue weighted by Crippen LogP contribution is -2.41. The van der Waals surface area contributed by atoms with Gasteiger partial charge < -0.3 is 10.6 Å². The standard InChI is InChI=1S/C19H22N2O2/c1-2-13-20-18(22)19(23)21-14-17(15-9-5-3-6-10-15)16-11-7-4-8-12-16/h3-12,17H,2,13-14H2,1H3,(H,20,22)(H,21,23). The summed E-state index contributed by atoms with van der Waals surface area (Å²) in [6.07, 6.45) is 0.801. The van der Waals surface area contributed by atoms with E-state index in [0.717, 1.165) is 17.5 Å². The highest BCUT2D eigenvalue weighted by Crippen LogP contribution is 2.23. The molecule has 0 heterocycles. The van der Waals surface area contributed by atoms with Gasteiger partial charge in [-0.15, -0.1) is 0 Å². The zero-order valence-corrected chi connectivity index (χ0v) is 13.3. The molecule has 4 heteroatoms. The molecule has 4 nitrogen and oxygen atoms in total. The van der Waals surface area contributed by atoms with Gasteiger partial charge >= 0.3 is 11.8 Å². The van der Waals surface area contributed by atoms with E-state index >= 15 is 0 Å². The van der Waals surface area contributed by atoms with E-state index in [9.17, 15) is 9.59 Å². The smallest absolute Gasteiger partial charge is 0.309 e. The Hall–Kier alpha value is -2.62. The van der Waals surface area contributed by atoms with Crippen molar-refractivity contribution in [1.82, 2.24) is 10.6 Å². The van der Waals surface area contributed by atoms with Crippen LogP contribution in [0.2, 0.25) is 0 Å². The number of rotatable bonds is 6. The van der Waals surface area contributed by atoms with Crippen molar-refractivity contribution in [2.45, 2.75) is 19.3 Å². The van der Waals surface area contributed by atoms with Gasteiger partial charge in [0.1, 0.15) is 0 Å². The van der Waals surface area contributed by atoms with E-state index in [4.69, 9.17) is 0 Å². The van der Waals surface area contributed by atoms with Crippen LogP contribution in [0.15, 0.2) is 60.7 Å². The van der Waals surface area contributed by atoms with Crippen molar-refractivity contribution in [3.8, 4) is 0 Å². The van der Waals surface area contributed by atoms with E-state index in [-0.39, 0.29) is 5.92 Å². The molecule has 0 saturated carbocycles. The summed E-state index contributed by atoms with van der Waals surface area (Å²) in [6.45, 7) is 2.83. The summed E-state index contributed by atoms with van der Waals surface area (Å²) < 4.78 is 0. The molecular formula is C19H22N2O2. The van der Waals surface area contributed by atoms with Crippen molar-refractivity contribution >= 4 is 11.8 Å². The Balaban J connectivity index is 2.07. The van der Waals surface area contributed by atoms with Gasteiger partial charge in [0.05, 0.1) is 0 Å². The normalized spacial score (nSPS) is 10.3. The average molecular weight is 310 g/mol. The lowest BCUT2D eigenvalue weighted by atomic mass is 9.91. The number of carbonyl (C=O) groups is 2. The van der Waals surface area contributed by atoms with Crippen LogP contribution in [0.4, 0.5) is 0 Å². The molecule has 23 heavy (non-hydrogen) atoms. The molecule has 0 aliphatic rings. The highest BCUT2D eigenvalue weighted by Gasteiger charge is 2.18. The second kappa shape index (κ2) is 8.73. The van der Waals surface area contributed by atoms with E-state index in [2.05, 4.69) is 10.6 Å². The van der Waals surface area contributed by atoms with Gasteiger partial charge in [-0.25, -0.2) is 0 Å². The van der Waals surface area contributed by atoms with Gasteiger partial charge in [-0.2, -0.15) is 0 Å². The van der Waals surface area contributed by atoms with Crippen molar-refractivity contribution in [1.29, 1.82) is 0 Å². The van der Waals surface area contributed by atoms with E-state index in [0.29, 0.717) is 13.1 Å². The fraction of sp³-hybridized carbons (Fsp3) is 0.263. The first-order chi connectivity index (χ1) is 11.2. The Morgan fingerprint density at radius 2 is 1.30 bits per heavy atom. The molecule has 0 spiro atoms. The molecule has 0 saturated heterocycles. The molecular weight excluding hydrogens is 288 g/mol. The van der Waals surface area contributed by atoms with Gasteiger partial charge in [0, 0.05) is 19.0 Å². The zero-order chi connectivity index (χ0) is 16.5. The largest absolute Gasteiger partial charge is 0.348 e. The fourth-order valence-corrected chi connectivity index (χ4v) is 2.39. The Bertz CT molecular complexity index is 587. The topological polar surface area (TPSA) is 58.2 Å². The molecule has 0 radical (unpaired) electrons. The minimum absolute atomic E-state index is 0.0142. The second-order valence-electron chi connectivity index (χ2n) is 5.34. The van der Waals surface area contributed by atoms with Crippen LogP contribution in [0, 0.1) is 0 Å². The number of benzene rings is 2. The van der Waals surface area contributed by atoms with Gasteiger partial charge in [0.25, 0.3) is 0 Å². The Morgan fingerprint density at radius 1 is 0.826 bits per heavy atom. The molecule has 0 bridgehead atoms. The summed E-state index contributed by atoms with van der Waals surface area (Å²) in [6, 6.07) is 19.9. The Morgan fingerprint density at radius 3 is 1.78 bits per heavy atom. The summed E-state index contributed by atoms with van der Waals surface area (Å²) >= 11 is 0. The van der Waals surface area contributed by atoms with E-state index in [1.54, 1.807) is 0 Å². The van der Waals surface area contributed by atoms with E-state index in [1.165, 1.54) is 0 Å². The zero-order valence-electron chi connectivity index (χ0n) is 13.3. The molecule has 2 N–H and O–H groups in total. The first kappa shape index (κ1) is 16.7. The van der Waals surface area contributed by atoms with Gasteiger partial charge in [-0.05, 0) is 17.5 Å². The monoisotopic (exact) mass is 310 g/mol. The van der Waals surface area contributed by atoms with Crippen LogP contribution in [0.1, 0.15) is 30.4 Å². The highest BCUT2D eigenvalue weighted by molar-refractivity contribution is 6.35. The average Bonchev–Trinajstić information content (AvgIpc) is 2.61. The van der Waals surface area contributed by atoms with Gasteiger partial charge in [-0.1, -0.05) is 67.6 Å².